The molecule has 10 heteroatoms. The third-order valence-electron chi connectivity index (χ3n) is 4.09. The monoisotopic (exact) mass is 427 g/mol. The maximum absolute atomic E-state index is 13.3. The number of carbonyl (C=O) groups is 2. The van der Waals surface area contributed by atoms with Crippen molar-refractivity contribution in [3.8, 4) is 0 Å². The molecule has 0 saturated carbocycles. The molecule has 0 fully saturated rings. The van der Waals surface area contributed by atoms with Crippen molar-refractivity contribution in [1.82, 2.24) is 14.7 Å². The van der Waals surface area contributed by atoms with E-state index in [9.17, 15) is 18.0 Å². The van der Waals surface area contributed by atoms with Gasteiger partial charge in [-0.25, -0.2) is 18.0 Å². The van der Waals surface area contributed by atoms with Gasteiger partial charge in [0.25, 0.3) is 0 Å². The Hall–Kier alpha value is -2.39. The molecule has 0 bridgehead atoms. The number of ether oxygens (including phenoxy) is 1. The van der Waals surface area contributed by atoms with Crippen molar-refractivity contribution in [2.24, 2.45) is 0 Å². The van der Waals surface area contributed by atoms with E-state index in [1.807, 2.05) is 0 Å². The summed E-state index contributed by atoms with van der Waals surface area (Å²) in [4.78, 5) is 26.2. The van der Waals surface area contributed by atoms with Gasteiger partial charge in [0, 0.05) is 13.1 Å². The Bertz CT molecular complexity index is 976. The van der Waals surface area contributed by atoms with Crippen LogP contribution in [0.4, 0.5) is 4.79 Å². The van der Waals surface area contributed by atoms with E-state index in [4.69, 9.17) is 16.3 Å². The minimum absolute atomic E-state index is 0.000529. The second-order valence-electron chi connectivity index (χ2n) is 5.86. The first kappa shape index (κ1) is 21.9. The fourth-order valence-corrected chi connectivity index (χ4v) is 4.85. The van der Waals surface area contributed by atoms with Crippen molar-refractivity contribution >= 4 is 33.4 Å². The molecule has 152 valence electrons. The third kappa shape index (κ3) is 4.05. The van der Waals surface area contributed by atoms with Crippen molar-refractivity contribution in [3.05, 3.63) is 40.5 Å². The zero-order valence-corrected chi connectivity index (χ0v) is 17.7. The van der Waals surface area contributed by atoms with Crippen LogP contribution in [0, 0.1) is 6.92 Å². The number of hydrogen-bond donors (Lipinski definition) is 0. The molecule has 0 unspecified atom stereocenters. The number of halogens is 1. The molecule has 1 aromatic carbocycles. The molecule has 1 heterocycles. The topological polar surface area (TPSA) is 98.6 Å². The molecule has 0 aliphatic carbocycles. The van der Waals surface area contributed by atoms with E-state index >= 15 is 0 Å². The van der Waals surface area contributed by atoms with Gasteiger partial charge in [0.05, 0.1) is 22.7 Å². The van der Waals surface area contributed by atoms with Gasteiger partial charge in [0.1, 0.15) is 5.56 Å². The van der Waals surface area contributed by atoms with E-state index in [1.54, 1.807) is 39.8 Å². The lowest BCUT2D eigenvalue weighted by molar-refractivity contribution is 0.0522. The summed E-state index contributed by atoms with van der Waals surface area (Å²) in [5, 5.41) is 3.37. The number of amides is 1. The van der Waals surface area contributed by atoms with Crippen LogP contribution in [0.25, 0.3) is 0 Å². The first-order chi connectivity index (χ1) is 13.2. The quantitative estimate of drug-likeness (QED) is 0.656. The number of aryl methyl sites for hydroxylation is 1. The van der Waals surface area contributed by atoms with Crippen molar-refractivity contribution in [2.75, 3.05) is 19.7 Å². The fraction of sp³-hybridized carbons (Fsp3) is 0.389. The highest BCUT2D eigenvalue weighted by Gasteiger charge is 2.33. The molecule has 0 aliphatic heterocycles. The zero-order chi connectivity index (χ0) is 21.1. The highest BCUT2D eigenvalue weighted by Crippen LogP contribution is 2.31. The van der Waals surface area contributed by atoms with Crippen LogP contribution >= 0.6 is 11.6 Å². The maximum atomic E-state index is 13.3. The minimum Gasteiger partial charge on any atom is -0.462 e. The lowest BCUT2D eigenvalue weighted by Gasteiger charge is -2.17. The van der Waals surface area contributed by atoms with Crippen LogP contribution in [-0.2, 0) is 14.6 Å². The van der Waals surface area contributed by atoms with E-state index < -0.39 is 26.9 Å². The summed E-state index contributed by atoms with van der Waals surface area (Å²) >= 11 is 6.12. The van der Waals surface area contributed by atoms with Crippen LogP contribution in [0.3, 0.4) is 0 Å². The number of sulfone groups is 1. The Morgan fingerprint density at radius 2 is 1.86 bits per heavy atom. The number of hydrogen-bond acceptors (Lipinski definition) is 6. The van der Waals surface area contributed by atoms with Crippen LogP contribution in [0.1, 0.15) is 36.7 Å². The average Bonchev–Trinajstić information content (AvgIpc) is 3.09. The van der Waals surface area contributed by atoms with E-state index in [0.717, 1.165) is 10.9 Å². The summed E-state index contributed by atoms with van der Waals surface area (Å²) in [7, 11) is -4.28. The first-order valence-corrected chi connectivity index (χ1v) is 10.6. The summed E-state index contributed by atoms with van der Waals surface area (Å²) in [6.07, 6.45) is 1.08. The molecule has 0 radical (unpaired) electrons. The number of nitrogens with zero attached hydrogens (tertiary/aromatic N) is 3. The van der Waals surface area contributed by atoms with Crippen LogP contribution in [0.5, 0.6) is 0 Å². The molecular formula is C18H22ClN3O5S. The second kappa shape index (κ2) is 8.74. The summed E-state index contributed by atoms with van der Waals surface area (Å²) < 4.78 is 32.3. The van der Waals surface area contributed by atoms with Crippen LogP contribution in [0.2, 0.25) is 5.02 Å². The second-order valence-corrected chi connectivity index (χ2v) is 8.07. The molecular weight excluding hydrogens is 406 g/mol. The van der Waals surface area contributed by atoms with Crippen molar-refractivity contribution in [2.45, 2.75) is 37.6 Å². The SMILES string of the molecule is CCOC(=O)c1cn(C(=O)N(CC)CC)nc1S(=O)(=O)c1c(C)cccc1Cl. The lowest BCUT2D eigenvalue weighted by atomic mass is 10.2. The number of benzene rings is 1. The van der Waals surface area contributed by atoms with Crippen LogP contribution in [0.15, 0.2) is 34.3 Å². The van der Waals surface area contributed by atoms with Crippen molar-refractivity contribution < 1.29 is 22.7 Å². The standard InChI is InChI=1S/C18H22ClN3O5S/c1-5-21(6-2)18(24)22-11-13(17(23)27-7-3)16(20-22)28(25,26)15-12(4)9-8-10-14(15)19/h8-11H,5-7H2,1-4H3. The fourth-order valence-electron chi connectivity index (χ4n) is 2.70. The summed E-state index contributed by atoms with van der Waals surface area (Å²) in [5.74, 6) is -0.885. The summed E-state index contributed by atoms with van der Waals surface area (Å²) in [5.41, 5.74) is 0.0774. The van der Waals surface area contributed by atoms with Gasteiger partial charge < -0.3 is 9.64 Å². The number of carbonyl (C=O) groups excluding carboxylic acids is 2. The van der Waals surface area contributed by atoms with Gasteiger partial charge in [-0.1, -0.05) is 23.7 Å². The van der Waals surface area contributed by atoms with Gasteiger partial charge in [0.2, 0.25) is 9.84 Å². The molecule has 28 heavy (non-hydrogen) atoms. The van der Waals surface area contributed by atoms with Crippen LogP contribution in [-0.4, -0.2) is 54.8 Å². The van der Waals surface area contributed by atoms with Crippen molar-refractivity contribution in [1.29, 1.82) is 0 Å². The van der Waals surface area contributed by atoms with Gasteiger partial charge in [-0.15, -0.1) is 0 Å². The maximum Gasteiger partial charge on any atom is 0.344 e. The van der Waals surface area contributed by atoms with Gasteiger partial charge in [-0.2, -0.15) is 9.78 Å². The molecule has 0 saturated heterocycles. The molecule has 0 atom stereocenters. The normalized spacial score (nSPS) is 11.3. The molecule has 1 aromatic heterocycles. The van der Waals surface area contributed by atoms with Crippen molar-refractivity contribution in [3.63, 3.8) is 0 Å². The van der Waals surface area contributed by atoms with Crippen LogP contribution < -0.4 is 0 Å². The average molecular weight is 428 g/mol. The smallest absolute Gasteiger partial charge is 0.344 e. The summed E-state index contributed by atoms with van der Waals surface area (Å²) in [6, 6.07) is 4.09. The van der Waals surface area contributed by atoms with Gasteiger partial charge in [0.15, 0.2) is 5.03 Å². The Morgan fingerprint density at radius 3 is 2.39 bits per heavy atom. The molecule has 8 nitrogen and oxygen atoms in total. The Labute approximate surface area is 169 Å². The molecule has 2 aromatic rings. The largest absolute Gasteiger partial charge is 0.462 e. The molecule has 0 aliphatic rings. The Morgan fingerprint density at radius 1 is 1.21 bits per heavy atom. The summed E-state index contributed by atoms with van der Waals surface area (Å²) in [6.45, 7) is 7.57. The van der Waals surface area contributed by atoms with E-state index in [0.29, 0.717) is 18.7 Å². The predicted molar refractivity (Wildman–Crippen MR) is 104 cm³/mol. The Balaban J connectivity index is 2.71. The third-order valence-corrected chi connectivity index (χ3v) is 6.41. The number of rotatable bonds is 6. The van der Waals surface area contributed by atoms with Gasteiger partial charge in [-0.3, -0.25) is 0 Å². The molecule has 0 N–H and O–H groups in total. The highest BCUT2D eigenvalue weighted by atomic mass is 35.5. The van der Waals surface area contributed by atoms with E-state index in [-0.39, 0.29) is 22.1 Å². The highest BCUT2D eigenvalue weighted by molar-refractivity contribution is 7.91. The number of aromatic nitrogens is 2. The lowest BCUT2D eigenvalue weighted by Crippen LogP contribution is -2.34. The Kier molecular flexibility index (Phi) is 6.84. The minimum atomic E-state index is -4.28. The predicted octanol–water partition coefficient (Wildman–Crippen LogP) is 3.16. The van der Waals surface area contributed by atoms with E-state index in [1.165, 1.54) is 11.0 Å². The molecule has 2 rings (SSSR count). The first-order valence-electron chi connectivity index (χ1n) is 8.75. The molecule has 1 amide bonds. The zero-order valence-electron chi connectivity index (χ0n) is 16.1. The number of esters is 1. The van der Waals surface area contributed by atoms with E-state index in [2.05, 4.69) is 5.10 Å². The van der Waals surface area contributed by atoms with Gasteiger partial charge >= 0.3 is 12.0 Å². The van der Waals surface area contributed by atoms with Gasteiger partial charge in [-0.05, 0) is 39.3 Å². The molecule has 0 spiro atoms.